The molecule has 2 rings (SSSR count). The van der Waals surface area contributed by atoms with Gasteiger partial charge in [-0.3, -0.25) is 14.7 Å². The number of carbonyl (C=O) groups excluding carboxylic acids is 1. The molecule has 1 fully saturated rings. The normalized spacial score (nSPS) is 18.1. The fraction of sp³-hybridized carbons (Fsp3) is 0.579. The van der Waals surface area contributed by atoms with Crippen LogP contribution < -0.4 is 16.4 Å². The first kappa shape index (κ1) is 22.7. The van der Waals surface area contributed by atoms with Crippen LogP contribution in [0.25, 0.3) is 0 Å². The topological polar surface area (TPSA) is 82.8 Å². The average Bonchev–Trinajstić information content (AvgIpc) is 2.62. The van der Waals surface area contributed by atoms with Crippen LogP contribution in [-0.2, 0) is 17.9 Å². The van der Waals surface area contributed by atoms with Crippen LogP contribution in [0.15, 0.2) is 29.3 Å². The molecule has 0 aliphatic carbocycles. The summed E-state index contributed by atoms with van der Waals surface area (Å²) >= 11 is 0. The molecule has 1 aliphatic rings. The van der Waals surface area contributed by atoms with E-state index in [-0.39, 0.29) is 35.8 Å². The van der Waals surface area contributed by atoms with Gasteiger partial charge in [0.25, 0.3) is 0 Å². The third-order valence-electron chi connectivity index (χ3n) is 4.53. The maximum atomic E-state index is 11.4. The molecule has 0 aromatic heterocycles. The van der Waals surface area contributed by atoms with Gasteiger partial charge in [0.2, 0.25) is 5.91 Å². The van der Waals surface area contributed by atoms with Gasteiger partial charge in [-0.2, -0.15) is 0 Å². The fourth-order valence-corrected chi connectivity index (χ4v) is 3.18. The average molecular weight is 473 g/mol. The highest BCUT2D eigenvalue weighted by molar-refractivity contribution is 14.0. The second-order valence-electron chi connectivity index (χ2n) is 6.65. The largest absolute Gasteiger partial charge is 0.369 e. The predicted octanol–water partition coefficient (Wildman–Crippen LogP) is 2.08. The minimum absolute atomic E-state index is 0. The molecule has 1 atom stereocenters. The Balaban J connectivity index is 0.00000338. The Morgan fingerprint density at radius 2 is 2.12 bits per heavy atom. The van der Waals surface area contributed by atoms with Gasteiger partial charge in [0, 0.05) is 33.2 Å². The number of guanidine groups is 1. The quantitative estimate of drug-likeness (QED) is 0.322. The summed E-state index contributed by atoms with van der Waals surface area (Å²) in [5, 5.41) is 6.61. The van der Waals surface area contributed by atoms with Crippen molar-refractivity contribution in [2.45, 2.75) is 39.3 Å². The van der Waals surface area contributed by atoms with Crippen molar-refractivity contribution in [1.82, 2.24) is 15.5 Å². The first-order valence-corrected chi connectivity index (χ1v) is 9.16. The summed E-state index contributed by atoms with van der Waals surface area (Å²) in [7, 11) is 1.78. The molecule has 0 saturated carbocycles. The van der Waals surface area contributed by atoms with E-state index >= 15 is 0 Å². The lowest BCUT2D eigenvalue weighted by molar-refractivity contribution is -0.123. The second-order valence-corrected chi connectivity index (χ2v) is 6.65. The molecule has 1 aliphatic heterocycles. The summed E-state index contributed by atoms with van der Waals surface area (Å²) in [5.41, 5.74) is 7.96. The molecule has 26 heavy (non-hydrogen) atoms. The van der Waals surface area contributed by atoms with Crippen molar-refractivity contribution in [3.8, 4) is 0 Å². The number of hydrogen-bond acceptors (Lipinski definition) is 3. The van der Waals surface area contributed by atoms with E-state index < -0.39 is 0 Å². The molecule has 1 heterocycles. The summed E-state index contributed by atoms with van der Waals surface area (Å²) in [5.74, 6) is 0.646. The highest BCUT2D eigenvalue weighted by Gasteiger charge is 2.23. The van der Waals surface area contributed by atoms with Crippen molar-refractivity contribution in [2.75, 3.05) is 26.7 Å². The molecule has 1 saturated heterocycles. The molecular formula is C19H32IN5O. The van der Waals surface area contributed by atoms with Gasteiger partial charge < -0.3 is 16.4 Å². The predicted molar refractivity (Wildman–Crippen MR) is 118 cm³/mol. The molecule has 1 aromatic carbocycles. The van der Waals surface area contributed by atoms with Gasteiger partial charge in [0.15, 0.2) is 5.96 Å². The first-order valence-electron chi connectivity index (χ1n) is 9.16. The lowest BCUT2D eigenvalue weighted by Gasteiger charge is -2.31. The Hall–Kier alpha value is -1.35. The minimum atomic E-state index is -0.173. The molecule has 0 radical (unpaired) electrons. The van der Waals surface area contributed by atoms with Crippen LogP contribution in [0.2, 0.25) is 0 Å². The van der Waals surface area contributed by atoms with Gasteiger partial charge >= 0.3 is 0 Å². The monoisotopic (exact) mass is 473 g/mol. The van der Waals surface area contributed by atoms with E-state index in [4.69, 9.17) is 5.73 Å². The fourth-order valence-electron chi connectivity index (χ4n) is 3.18. The number of halogens is 1. The molecular weight excluding hydrogens is 441 g/mol. The van der Waals surface area contributed by atoms with Gasteiger partial charge in [-0.1, -0.05) is 31.2 Å². The molecule has 1 unspecified atom stereocenters. The second kappa shape index (κ2) is 12.1. The zero-order chi connectivity index (χ0) is 18.1. The lowest BCUT2D eigenvalue weighted by Crippen LogP contribution is -2.40. The highest BCUT2D eigenvalue weighted by atomic mass is 127. The van der Waals surface area contributed by atoms with Gasteiger partial charge in [-0.05, 0) is 36.9 Å². The number of benzene rings is 1. The number of nitrogens with zero attached hydrogens (tertiary/aromatic N) is 2. The number of nitrogens with one attached hydrogen (secondary N) is 2. The molecule has 0 bridgehead atoms. The van der Waals surface area contributed by atoms with Crippen LogP contribution in [0.5, 0.6) is 0 Å². The Bertz CT molecular complexity index is 593. The van der Waals surface area contributed by atoms with E-state index in [1.165, 1.54) is 11.1 Å². The standard InChI is InChI=1S/C19H31N5O.HI/c1-3-9-22-19(21-2)23-12-15-6-4-7-16(11-15)13-24-10-5-8-17(14-24)18(20)25;/h4,6-7,11,17H,3,5,8-10,12-14H2,1-2H3,(H2,20,25)(H2,21,22,23);1H. The molecule has 0 spiro atoms. The molecule has 1 aromatic rings. The first-order chi connectivity index (χ1) is 12.1. The Morgan fingerprint density at radius 1 is 1.35 bits per heavy atom. The number of aliphatic imine (C=N–C) groups is 1. The molecule has 4 N–H and O–H groups in total. The third-order valence-corrected chi connectivity index (χ3v) is 4.53. The maximum Gasteiger partial charge on any atom is 0.221 e. The van der Waals surface area contributed by atoms with E-state index in [1.54, 1.807) is 7.05 Å². The van der Waals surface area contributed by atoms with E-state index in [0.717, 1.165) is 57.9 Å². The summed E-state index contributed by atoms with van der Waals surface area (Å²) in [6, 6.07) is 8.56. The zero-order valence-electron chi connectivity index (χ0n) is 15.8. The zero-order valence-corrected chi connectivity index (χ0v) is 18.2. The maximum absolute atomic E-state index is 11.4. The minimum Gasteiger partial charge on any atom is -0.369 e. The Labute approximate surface area is 174 Å². The van der Waals surface area contributed by atoms with E-state index in [1.807, 2.05) is 0 Å². The van der Waals surface area contributed by atoms with Crippen LogP contribution in [0.4, 0.5) is 0 Å². The number of likely N-dealkylation sites (tertiary alicyclic amines) is 1. The van der Waals surface area contributed by atoms with Crippen molar-refractivity contribution >= 4 is 35.8 Å². The lowest BCUT2D eigenvalue weighted by atomic mass is 9.97. The van der Waals surface area contributed by atoms with Crippen molar-refractivity contribution < 1.29 is 4.79 Å². The van der Waals surface area contributed by atoms with Gasteiger partial charge in [-0.25, -0.2) is 0 Å². The number of hydrogen-bond donors (Lipinski definition) is 3. The van der Waals surface area contributed by atoms with Crippen molar-refractivity contribution in [3.05, 3.63) is 35.4 Å². The molecule has 7 heteroatoms. The summed E-state index contributed by atoms with van der Waals surface area (Å²) in [6.07, 6.45) is 3.02. The van der Waals surface area contributed by atoms with Crippen LogP contribution in [0.3, 0.4) is 0 Å². The Kier molecular flexibility index (Phi) is 10.6. The van der Waals surface area contributed by atoms with Crippen molar-refractivity contribution in [2.24, 2.45) is 16.6 Å². The number of amides is 1. The van der Waals surface area contributed by atoms with E-state index in [9.17, 15) is 4.79 Å². The summed E-state index contributed by atoms with van der Waals surface area (Å²) in [6.45, 7) is 6.44. The van der Waals surface area contributed by atoms with Crippen LogP contribution in [0.1, 0.15) is 37.3 Å². The summed E-state index contributed by atoms with van der Waals surface area (Å²) in [4.78, 5) is 18.0. The number of primary amides is 1. The SMILES string of the molecule is CCCNC(=NC)NCc1cccc(CN2CCCC(C(N)=O)C2)c1.I. The number of nitrogens with two attached hydrogens (primary N) is 1. The van der Waals surface area contributed by atoms with Gasteiger partial charge in [-0.15, -0.1) is 24.0 Å². The van der Waals surface area contributed by atoms with Gasteiger partial charge in [0.1, 0.15) is 0 Å². The third kappa shape index (κ3) is 7.49. The number of carbonyl (C=O) groups is 1. The smallest absolute Gasteiger partial charge is 0.221 e. The molecule has 6 nitrogen and oxygen atoms in total. The van der Waals surface area contributed by atoms with Crippen molar-refractivity contribution in [1.29, 1.82) is 0 Å². The van der Waals surface area contributed by atoms with Crippen LogP contribution in [0, 0.1) is 5.92 Å². The van der Waals surface area contributed by atoms with Crippen molar-refractivity contribution in [3.63, 3.8) is 0 Å². The van der Waals surface area contributed by atoms with E-state index in [2.05, 4.69) is 51.7 Å². The number of rotatable bonds is 7. The van der Waals surface area contributed by atoms with Gasteiger partial charge in [0.05, 0.1) is 5.92 Å². The molecule has 146 valence electrons. The Morgan fingerprint density at radius 3 is 2.81 bits per heavy atom. The number of piperidine rings is 1. The van der Waals surface area contributed by atoms with E-state index in [0.29, 0.717) is 0 Å². The molecule has 1 amide bonds. The van der Waals surface area contributed by atoms with Crippen LogP contribution in [-0.4, -0.2) is 43.4 Å². The highest BCUT2D eigenvalue weighted by Crippen LogP contribution is 2.18. The van der Waals surface area contributed by atoms with Crippen LogP contribution >= 0.6 is 24.0 Å². The summed E-state index contributed by atoms with van der Waals surface area (Å²) < 4.78 is 0.